The number of halogens is 14. The van der Waals surface area contributed by atoms with Crippen molar-refractivity contribution in [1.82, 2.24) is 9.80 Å². The van der Waals surface area contributed by atoms with E-state index >= 15 is 0 Å². The summed E-state index contributed by atoms with van der Waals surface area (Å²) >= 11 is 0. The van der Waals surface area contributed by atoms with Crippen LogP contribution in [0.2, 0.25) is 0 Å². The lowest BCUT2D eigenvalue weighted by Gasteiger charge is -2.39. The molecule has 1 saturated heterocycles. The highest BCUT2D eigenvalue weighted by Gasteiger charge is 2.90. The second-order valence-corrected chi connectivity index (χ2v) is 13.3. The molecule has 2 aliphatic heterocycles. The minimum atomic E-state index is -7.85. The Hall–Kier alpha value is -2.26. The molecule has 0 bridgehead atoms. The van der Waals surface area contributed by atoms with E-state index < -0.39 is 48.6 Å². The summed E-state index contributed by atoms with van der Waals surface area (Å²) in [6.45, 7) is 1.67. The average Bonchev–Trinajstić information content (AvgIpc) is 3.90. The van der Waals surface area contributed by atoms with Gasteiger partial charge in [-0.05, 0) is 74.5 Å². The Bertz CT molecular complexity index is 1270. The molecule has 0 N–H and O–H groups in total. The van der Waals surface area contributed by atoms with Gasteiger partial charge < -0.3 is 4.90 Å². The topological polar surface area (TPSA) is 6.25 Å². The second-order valence-electron chi connectivity index (χ2n) is 13.3. The van der Waals surface area contributed by atoms with Gasteiger partial charge in [0.05, 0.1) is 0 Å². The van der Waals surface area contributed by atoms with E-state index in [-0.39, 0.29) is 30.6 Å². The van der Waals surface area contributed by atoms with Crippen LogP contribution >= 0.6 is 0 Å². The fraction of sp³-hybridized carbons (Fsp3) is 0.750. The Morgan fingerprint density at radius 1 is 0.708 bits per heavy atom. The minimum absolute atomic E-state index is 0.183. The third-order valence-electron chi connectivity index (χ3n) is 9.64. The number of hydrogen-bond donors (Lipinski definition) is 0. The molecule has 48 heavy (non-hydrogen) atoms. The van der Waals surface area contributed by atoms with Crippen molar-refractivity contribution in [1.29, 1.82) is 0 Å². The Labute approximate surface area is 269 Å². The van der Waals surface area contributed by atoms with Gasteiger partial charge in [0.2, 0.25) is 0 Å². The Balaban J connectivity index is 1.18. The van der Waals surface area contributed by atoms with E-state index in [1.807, 2.05) is 13.1 Å². The monoisotopic (exact) mass is 716 g/mol. The predicted molar refractivity (Wildman–Crippen MR) is 149 cm³/mol. The first-order chi connectivity index (χ1) is 22.1. The summed E-state index contributed by atoms with van der Waals surface area (Å²) in [6.07, 6.45) is -0.748. The molecule has 0 spiro atoms. The molecule has 1 saturated carbocycles. The number of rotatable bonds is 18. The van der Waals surface area contributed by atoms with Crippen molar-refractivity contribution >= 4 is 0 Å². The van der Waals surface area contributed by atoms with Crippen LogP contribution in [0.15, 0.2) is 30.5 Å². The predicted octanol–water partition coefficient (Wildman–Crippen LogP) is 10.4. The minimum Gasteiger partial charge on any atom is -0.374 e. The largest absolute Gasteiger partial charge is 0.460 e. The zero-order valence-electron chi connectivity index (χ0n) is 26.1. The molecule has 0 amide bonds. The van der Waals surface area contributed by atoms with Crippen molar-refractivity contribution in [2.45, 2.75) is 119 Å². The van der Waals surface area contributed by atoms with Crippen LogP contribution in [0, 0.1) is 17.7 Å². The van der Waals surface area contributed by atoms with Gasteiger partial charge in [-0.1, -0.05) is 44.2 Å². The molecule has 274 valence electrons. The van der Waals surface area contributed by atoms with Crippen LogP contribution in [0.3, 0.4) is 0 Å². The van der Waals surface area contributed by atoms with Crippen molar-refractivity contribution < 1.29 is 61.5 Å². The lowest BCUT2D eigenvalue weighted by Crippen LogP contribution is -2.70. The molecule has 0 aromatic heterocycles. The molecular weight excluding hydrogens is 678 g/mol. The maximum Gasteiger partial charge on any atom is 0.460 e. The summed E-state index contributed by atoms with van der Waals surface area (Å²) in [7, 11) is 2.01. The van der Waals surface area contributed by atoms with Crippen LogP contribution in [0.25, 0.3) is 0 Å². The van der Waals surface area contributed by atoms with Crippen molar-refractivity contribution in [2.75, 3.05) is 20.1 Å². The maximum absolute atomic E-state index is 14.1. The highest BCUT2D eigenvalue weighted by Crippen LogP contribution is 2.61. The smallest absolute Gasteiger partial charge is 0.374 e. The van der Waals surface area contributed by atoms with Crippen LogP contribution in [0.1, 0.15) is 81.4 Å². The molecule has 3 aliphatic rings. The quantitative estimate of drug-likeness (QED) is 0.0848. The third-order valence-corrected chi connectivity index (χ3v) is 9.64. The van der Waals surface area contributed by atoms with E-state index in [1.54, 1.807) is 6.07 Å². The van der Waals surface area contributed by atoms with Crippen LogP contribution in [0.5, 0.6) is 0 Å². The lowest BCUT2D eigenvalue weighted by molar-refractivity contribution is -0.440. The fourth-order valence-corrected chi connectivity index (χ4v) is 6.53. The zero-order chi connectivity index (χ0) is 35.9. The molecule has 1 aromatic carbocycles. The maximum atomic E-state index is 14.1. The van der Waals surface area contributed by atoms with Gasteiger partial charge in [-0.3, -0.25) is 4.90 Å². The van der Waals surface area contributed by atoms with Gasteiger partial charge in [0.25, 0.3) is 0 Å². The number of alkyl halides is 13. The molecule has 4 rings (SSSR count). The number of benzene rings is 1. The average molecular weight is 717 g/mol. The molecule has 4 atom stereocenters. The Kier molecular flexibility index (Phi) is 11.1. The Morgan fingerprint density at radius 3 is 1.79 bits per heavy atom. The highest BCUT2D eigenvalue weighted by atomic mass is 19.4. The molecule has 2 nitrogen and oxygen atoms in total. The number of hydrogen-bond acceptors (Lipinski definition) is 2. The lowest BCUT2D eigenvalue weighted by atomic mass is 9.88. The fourth-order valence-electron chi connectivity index (χ4n) is 6.53. The summed E-state index contributed by atoms with van der Waals surface area (Å²) in [5.74, 6) is -36.0. The van der Waals surface area contributed by atoms with Gasteiger partial charge in [0.15, 0.2) is 0 Å². The third kappa shape index (κ3) is 7.57. The molecule has 4 unspecified atom stereocenters. The normalized spacial score (nSPS) is 24.1. The summed E-state index contributed by atoms with van der Waals surface area (Å²) < 4.78 is 186. The van der Waals surface area contributed by atoms with Crippen molar-refractivity contribution in [3.63, 3.8) is 0 Å². The summed E-state index contributed by atoms with van der Waals surface area (Å²) in [4.78, 5) is 4.47. The van der Waals surface area contributed by atoms with Gasteiger partial charge in [-0.25, -0.2) is 4.39 Å². The number of unbranched alkanes of at least 4 members (excludes halogenated alkanes) is 6. The molecule has 2 heterocycles. The summed E-state index contributed by atoms with van der Waals surface area (Å²) in [5.41, 5.74) is 2.14. The van der Waals surface area contributed by atoms with Gasteiger partial charge in [-0.2, -0.15) is 57.1 Å². The summed E-state index contributed by atoms with van der Waals surface area (Å²) in [6, 6.07) is 5.53. The molecule has 1 aliphatic carbocycles. The van der Waals surface area contributed by atoms with Crippen molar-refractivity contribution in [3.8, 4) is 0 Å². The van der Waals surface area contributed by atoms with Gasteiger partial charge in [-0.15, -0.1) is 0 Å². The van der Waals surface area contributed by atoms with Gasteiger partial charge in [0.1, 0.15) is 5.82 Å². The van der Waals surface area contributed by atoms with Crippen molar-refractivity contribution in [2.24, 2.45) is 11.8 Å². The van der Waals surface area contributed by atoms with Crippen LogP contribution in [0.4, 0.5) is 61.5 Å². The van der Waals surface area contributed by atoms with Gasteiger partial charge >= 0.3 is 35.8 Å². The Morgan fingerprint density at radius 2 is 1.25 bits per heavy atom. The zero-order valence-corrected chi connectivity index (χ0v) is 26.1. The van der Waals surface area contributed by atoms with E-state index in [2.05, 4.69) is 22.1 Å². The van der Waals surface area contributed by atoms with E-state index in [0.717, 1.165) is 56.3 Å². The molecule has 0 radical (unpaired) electrons. The number of nitrogens with zero attached hydrogens (tertiary/aromatic N) is 2. The van der Waals surface area contributed by atoms with E-state index in [4.69, 9.17) is 0 Å². The first-order valence-corrected chi connectivity index (χ1v) is 16.0. The standard InChI is InChI=1S/C32H38F14N2/c1-47-19-25(47)24-12-11-23(33)18-22(24)17-21-13-16-48(26(21)20-9-10-20)15-8-6-4-2-3-5-7-14-27(34,35)28(36,37)29(38,39)30(40,41)31(42,43)32(44,45)46/h11-13,16,18,20-21,25-26H,2-10,14-15,17,19H2,1H3. The number of likely N-dealkylation sites (N-methyl/N-ethyl adjacent to an activating group) is 1. The molecular formula is C32H38F14N2. The second kappa shape index (κ2) is 13.8. The molecule has 1 aromatic rings. The first kappa shape index (κ1) is 38.5. The SMILES string of the molecule is CN1CC1c1ccc(F)cc1CC1C=CN(CCCCCCCCCC(F)(F)C(F)(F)C(F)(F)C(F)(F)C(F)(F)C(F)(F)F)C1C1CC1. The first-order valence-electron chi connectivity index (χ1n) is 16.0. The van der Waals surface area contributed by atoms with Crippen LogP contribution in [-0.2, 0) is 6.42 Å². The van der Waals surface area contributed by atoms with Crippen LogP contribution < -0.4 is 0 Å². The van der Waals surface area contributed by atoms with Gasteiger partial charge in [0, 0.05) is 37.5 Å². The van der Waals surface area contributed by atoms with Crippen LogP contribution in [-0.4, -0.2) is 71.8 Å². The molecule has 2 fully saturated rings. The van der Waals surface area contributed by atoms with Crippen molar-refractivity contribution in [3.05, 3.63) is 47.4 Å². The van der Waals surface area contributed by atoms with E-state index in [1.165, 1.54) is 6.07 Å². The van der Waals surface area contributed by atoms with E-state index in [0.29, 0.717) is 24.8 Å². The highest BCUT2D eigenvalue weighted by molar-refractivity contribution is 5.35. The molecule has 16 heteroatoms. The van der Waals surface area contributed by atoms with E-state index in [9.17, 15) is 61.5 Å². The summed E-state index contributed by atoms with van der Waals surface area (Å²) in [5, 5.41) is 0.